The molecule has 0 aromatic rings. The monoisotopic (exact) mass is 165 g/mol. The van der Waals surface area contributed by atoms with Crippen LogP contribution in [-0.2, 0) is 0 Å². The molecule has 0 aromatic carbocycles. The molecule has 0 saturated carbocycles. The maximum atomic E-state index is 8.30. The van der Waals surface area contributed by atoms with Crippen LogP contribution < -0.4 is 0 Å². The van der Waals surface area contributed by atoms with Gasteiger partial charge in [0.15, 0.2) is 0 Å². The minimum absolute atomic E-state index is 0.626. The van der Waals surface area contributed by atoms with Gasteiger partial charge in [-0.05, 0) is 37.7 Å². The molecule has 0 heterocycles. The lowest BCUT2D eigenvalue weighted by Gasteiger charge is -2.19. The lowest BCUT2D eigenvalue weighted by Crippen LogP contribution is -2.06. The smallest absolute Gasteiger partial charge is 0.0690 e. The van der Waals surface area contributed by atoms with Crippen LogP contribution in [0.15, 0.2) is 29.0 Å². The van der Waals surface area contributed by atoms with Gasteiger partial charge in [0.05, 0.1) is 6.21 Å². The molecule has 1 N–H and O–H groups in total. The molecule has 1 rings (SSSR count). The highest BCUT2D eigenvalue weighted by molar-refractivity contribution is 5.78. The van der Waals surface area contributed by atoms with Gasteiger partial charge in [0.2, 0.25) is 0 Å². The average Bonchev–Trinajstić information content (AvgIpc) is 2.06. The van der Waals surface area contributed by atoms with Crippen molar-refractivity contribution in [3.63, 3.8) is 0 Å². The normalized spacial score (nSPS) is 24.1. The molecule has 0 radical (unpaired) electrons. The molecule has 1 aliphatic rings. The highest BCUT2D eigenvalue weighted by Gasteiger charge is 2.13. The number of hydrogen-bond donors (Lipinski definition) is 1. The van der Waals surface area contributed by atoms with Crippen LogP contribution in [-0.4, -0.2) is 11.4 Å². The second-order valence-corrected chi connectivity index (χ2v) is 3.34. The lowest BCUT2D eigenvalue weighted by molar-refractivity contribution is 0.321. The molecule has 0 amide bonds. The van der Waals surface area contributed by atoms with Crippen LogP contribution in [0.5, 0.6) is 0 Å². The second-order valence-electron chi connectivity index (χ2n) is 3.34. The van der Waals surface area contributed by atoms with Gasteiger partial charge in [-0.3, -0.25) is 0 Å². The molecule has 12 heavy (non-hydrogen) atoms. The minimum Gasteiger partial charge on any atom is -0.411 e. The fourth-order valence-electron chi connectivity index (χ4n) is 1.49. The van der Waals surface area contributed by atoms with Gasteiger partial charge in [-0.2, -0.15) is 0 Å². The minimum atomic E-state index is 0.626. The van der Waals surface area contributed by atoms with E-state index in [1.54, 1.807) is 0 Å². The van der Waals surface area contributed by atoms with E-state index in [2.05, 4.69) is 24.7 Å². The average molecular weight is 165 g/mol. The van der Waals surface area contributed by atoms with E-state index in [0.717, 1.165) is 24.8 Å². The lowest BCUT2D eigenvalue weighted by atomic mass is 9.86. The summed E-state index contributed by atoms with van der Waals surface area (Å²) in [5.41, 5.74) is 2.39. The second kappa shape index (κ2) is 4.10. The van der Waals surface area contributed by atoms with E-state index in [-0.39, 0.29) is 0 Å². The van der Waals surface area contributed by atoms with Crippen molar-refractivity contribution in [3.05, 3.63) is 23.8 Å². The Balaban J connectivity index is 2.53. The maximum absolute atomic E-state index is 8.30. The van der Waals surface area contributed by atoms with Gasteiger partial charge < -0.3 is 5.21 Å². The Morgan fingerprint density at radius 3 is 3.00 bits per heavy atom. The van der Waals surface area contributed by atoms with Crippen LogP contribution >= 0.6 is 0 Å². The van der Waals surface area contributed by atoms with Gasteiger partial charge in [-0.25, -0.2) is 0 Å². The Bertz CT molecular complexity index is 228. The molecule has 0 aliphatic heterocycles. The summed E-state index contributed by atoms with van der Waals surface area (Å²) in [5, 5.41) is 11.3. The largest absolute Gasteiger partial charge is 0.411 e. The molecule has 2 heteroatoms. The fraction of sp³-hybridized carbons (Fsp3) is 0.500. The van der Waals surface area contributed by atoms with Crippen molar-refractivity contribution >= 4 is 6.21 Å². The third-order valence-corrected chi connectivity index (χ3v) is 2.37. The molecule has 0 spiro atoms. The Morgan fingerprint density at radius 1 is 1.83 bits per heavy atom. The van der Waals surface area contributed by atoms with Crippen molar-refractivity contribution in [2.24, 2.45) is 11.1 Å². The molecule has 2 nitrogen and oxygen atoms in total. The first-order valence-electron chi connectivity index (χ1n) is 4.26. The highest BCUT2D eigenvalue weighted by Crippen LogP contribution is 2.27. The predicted molar refractivity (Wildman–Crippen MR) is 50.5 cm³/mol. The van der Waals surface area contributed by atoms with E-state index in [1.807, 2.05) is 0 Å². The van der Waals surface area contributed by atoms with Crippen molar-refractivity contribution < 1.29 is 5.21 Å². The van der Waals surface area contributed by atoms with E-state index in [4.69, 9.17) is 5.21 Å². The van der Waals surface area contributed by atoms with Crippen LogP contribution in [0.3, 0.4) is 0 Å². The fourth-order valence-corrected chi connectivity index (χ4v) is 1.49. The van der Waals surface area contributed by atoms with Crippen LogP contribution in [0.25, 0.3) is 0 Å². The van der Waals surface area contributed by atoms with Crippen LogP contribution in [0.1, 0.15) is 26.2 Å². The van der Waals surface area contributed by atoms with Crippen molar-refractivity contribution in [1.82, 2.24) is 0 Å². The number of allylic oxidation sites excluding steroid dienone is 3. The van der Waals surface area contributed by atoms with E-state index in [9.17, 15) is 0 Å². The van der Waals surface area contributed by atoms with Crippen molar-refractivity contribution in [2.75, 3.05) is 0 Å². The van der Waals surface area contributed by atoms with E-state index >= 15 is 0 Å². The summed E-state index contributed by atoms with van der Waals surface area (Å²) < 4.78 is 0. The van der Waals surface area contributed by atoms with Crippen LogP contribution in [0.4, 0.5) is 0 Å². The first-order chi connectivity index (χ1) is 5.74. The molecule has 66 valence electrons. The Kier molecular flexibility index (Phi) is 3.09. The topological polar surface area (TPSA) is 32.6 Å². The van der Waals surface area contributed by atoms with Gasteiger partial charge in [-0.1, -0.05) is 23.4 Å². The standard InChI is InChI=1S/C10H15NO/c1-8(2)10-5-3-9(4-6-10)7-11-12/h3,7,10,12H,1,4-6H2,2H3/b11-7-/t10-/m0/s1. The summed E-state index contributed by atoms with van der Waals surface area (Å²) in [6.07, 6.45) is 6.82. The van der Waals surface area contributed by atoms with Gasteiger partial charge in [0, 0.05) is 0 Å². The molecule has 1 atom stereocenters. The summed E-state index contributed by atoms with van der Waals surface area (Å²) >= 11 is 0. The molecule has 0 aromatic heterocycles. The summed E-state index contributed by atoms with van der Waals surface area (Å²) in [6.45, 7) is 6.01. The Hall–Kier alpha value is -1.05. The maximum Gasteiger partial charge on any atom is 0.0690 e. The highest BCUT2D eigenvalue weighted by atomic mass is 16.4. The quantitative estimate of drug-likeness (QED) is 0.290. The summed E-state index contributed by atoms with van der Waals surface area (Å²) in [7, 11) is 0. The predicted octanol–water partition coefficient (Wildman–Crippen LogP) is 2.75. The van der Waals surface area contributed by atoms with Crippen LogP contribution in [0, 0.1) is 5.92 Å². The van der Waals surface area contributed by atoms with Crippen molar-refractivity contribution in [1.29, 1.82) is 0 Å². The zero-order valence-corrected chi connectivity index (χ0v) is 7.45. The molecule has 0 unspecified atom stereocenters. The van der Waals surface area contributed by atoms with Gasteiger partial charge in [0.25, 0.3) is 0 Å². The summed E-state index contributed by atoms with van der Waals surface area (Å²) in [6, 6.07) is 0. The molecule has 0 fully saturated rings. The molecule has 0 bridgehead atoms. The Morgan fingerprint density at radius 2 is 2.58 bits per heavy atom. The first-order valence-corrected chi connectivity index (χ1v) is 4.26. The first kappa shape index (κ1) is 9.04. The van der Waals surface area contributed by atoms with Crippen molar-refractivity contribution in [2.45, 2.75) is 26.2 Å². The summed E-state index contributed by atoms with van der Waals surface area (Å²) in [5.74, 6) is 0.626. The zero-order valence-electron chi connectivity index (χ0n) is 7.45. The third kappa shape index (κ3) is 2.22. The Labute approximate surface area is 73.3 Å². The van der Waals surface area contributed by atoms with E-state index < -0.39 is 0 Å². The van der Waals surface area contributed by atoms with Gasteiger partial charge in [-0.15, -0.1) is 0 Å². The third-order valence-electron chi connectivity index (χ3n) is 2.37. The van der Waals surface area contributed by atoms with Crippen molar-refractivity contribution in [3.8, 4) is 0 Å². The molecular formula is C10H15NO. The number of oxime groups is 1. The number of nitrogens with zero attached hydrogens (tertiary/aromatic N) is 1. The zero-order chi connectivity index (χ0) is 8.97. The molecule has 0 saturated heterocycles. The molecular weight excluding hydrogens is 150 g/mol. The SMILES string of the molecule is C=C(C)[C@H]1CC=C(/C=N\O)CC1. The molecule has 1 aliphatic carbocycles. The number of hydrogen-bond acceptors (Lipinski definition) is 2. The van der Waals surface area contributed by atoms with Crippen LogP contribution in [0.2, 0.25) is 0 Å². The van der Waals surface area contributed by atoms with Gasteiger partial charge in [0.1, 0.15) is 0 Å². The summed E-state index contributed by atoms with van der Waals surface area (Å²) in [4.78, 5) is 0. The number of rotatable bonds is 2. The van der Waals surface area contributed by atoms with Gasteiger partial charge >= 0.3 is 0 Å². The van der Waals surface area contributed by atoms with E-state index in [1.165, 1.54) is 11.8 Å². The van der Waals surface area contributed by atoms with E-state index in [0.29, 0.717) is 5.92 Å².